The lowest BCUT2D eigenvalue weighted by atomic mass is 9.86. The van der Waals surface area contributed by atoms with Crippen LogP contribution in [0.2, 0.25) is 5.02 Å². The van der Waals surface area contributed by atoms with Gasteiger partial charge in [0.25, 0.3) is 0 Å². The minimum Gasteiger partial charge on any atom is -0.0843 e. The summed E-state index contributed by atoms with van der Waals surface area (Å²) in [5, 5.41) is 0.822. The zero-order valence-electron chi connectivity index (χ0n) is 8.52. The number of hydrogen-bond donors (Lipinski definition) is 0. The lowest BCUT2D eigenvalue weighted by molar-refractivity contribution is 0.646. The maximum atomic E-state index is 5.84. The van der Waals surface area contributed by atoms with E-state index in [1.54, 1.807) is 11.1 Å². The van der Waals surface area contributed by atoms with Gasteiger partial charge in [0.15, 0.2) is 0 Å². The van der Waals surface area contributed by atoms with Gasteiger partial charge in [-0.2, -0.15) is 0 Å². The molecule has 74 valence electrons. The summed E-state index contributed by atoms with van der Waals surface area (Å²) in [6.45, 7) is 2.25. The van der Waals surface area contributed by atoms with E-state index in [4.69, 9.17) is 11.6 Å². The largest absolute Gasteiger partial charge is 0.0843 e. The number of rotatable bonds is 2. The Labute approximate surface area is 90.6 Å². The van der Waals surface area contributed by atoms with Gasteiger partial charge in [0.05, 0.1) is 0 Å². The molecule has 0 radical (unpaired) electrons. The molecule has 1 aromatic carbocycles. The van der Waals surface area contributed by atoms with E-state index in [2.05, 4.69) is 19.1 Å². The monoisotopic (exact) mass is 206 g/mol. The Bertz CT molecular complexity index is 340. The van der Waals surface area contributed by atoms with Gasteiger partial charge in [0.2, 0.25) is 0 Å². The second kappa shape index (κ2) is 4.18. The molecule has 14 heavy (non-hydrogen) atoms. The maximum Gasteiger partial charge on any atom is 0.0406 e. The van der Waals surface area contributed by atoms with Crippen LogP contribution in [0.3, 0.4) is 0 Å². The first-order chi connectivity index (χ1) is 6.75. The third kappa shape index (κ3) is 2.19. The van der Waals surface area contributed by atoms with Crippen molar-refractivity contribution in [2.75, 3.05) is 0 Å². The Morgan fingerprint density at radius 2 is 1.86 bits per heavy atom. The first kappa shape index (κ1) is 9.79. The number of allylic oxidation sites excluding steroid dienone is 2. The second-order valence-electron chi connectivity index (χ2n) is 4.04. The van der Waals surface area contributed by atoms with Crippen molar-refractivity contribution in [2.45, 2.75) is 32.6 Å². The Morgan fingerprint density at radius 3 is 2.36 bits per heavy atom. The van der Waals surface area contributed by atoms with Crippen molar-refractivity contribution in [2.24, 2.45) is 0 Å². The van der Waals surface area contributed by atoms with E-state index >= 15 is 0 Å². The van der Waals surface area contributed by atoms with E-state index < -0.39 is 0 Å². The average molecular weight is 207 g/mol. The Kier molecular flexibility index (Phi) is 2.93. The standard InChI is InChI=1S/C13H15Cl/c1-10(12-3-2-4-12)9-11-5-7-13(14)8-6-11/h5-8H,2-4,9H2,1H3. The molecule has 0 bridgehead atoms. The second-order valence-corrected chi connectivity index (χ2v) is 4.48. The van der Waals surface area contributed by atoms with E-state index in [0.29, 0.717) is 0 Å². The summed E-state index contributed by atoms with van der Waals surface area (Å²) in [5.74, 6) is 0. The van der Waals surface area contributed by atoms with Gasteiger partial charge >= 0.3 is 0 Å². The summed E-state index contributed by atoms with van der Waals surface area (Å²) in [6, 6.07) is 8.17. The lowest BCUT2D eigenvalue weighted by Crippen LogP contribution is -2.02. The molecule has 0 aromatic heterocycles. The quantitative estimate of drug-likeness (QED) is 0.630. The molecule has 1 saturated carbocycles. The molecular weight excluding hydrogens is 192 g/mol. The van der Waals surface area contributed by atoms with Crippen molar-refractivity contribution in [1.29, 1.82) is 0 Å². The number of hydrogen-bond acceptors (Lipinski definition) is 0. The Balaban J connectivity index is 2.07. The van der Waals surface area contributed by atoms with Gasteiger partial charge in [-0.05, 0) is 50.3 Å². The molecule has 1 heteroatoms. The molecule has 2 rings (SSSR count). The lowest BCUT2D eigenvalue weighted by Gasteiger charge is -2.20. The molecule has 1 aromatic rings. The predicted molar refractivity (Wildman–Crippen MR) is 61.7 cm³/mol. The molecule has 0 amide bonds. The van der Waals surface area contributed by atoms with Crippen molar-refractivity contribution < 1.29 is 0 Å². The predicted octanol–water partition coefficient (Wildman–Crippen LogP) is 4.38. The van der Waals surface area contributed by atoms with Gasteiger partial charge in [-0.3, -0.25) is 0 Å². The van der Waals surface area contributed by atoms with Gasteiger partial charge in [0, 0.05) is 5.02 Å². The maximum absolute atomic E-state index is 5.84. The van der Waals surface area contributed by atoms with Gasteiger partial charge in [-0.15, -0.1) is 0 Å². The highest BCUT2D eigenvalue weighted by Gasteiger charge is 2.11. The van der Waals surface area contributed by atoms with Crippen molar-refractivity contribution in [3.05, 3.63) is 46.0 Å². The van der Waals surface area contributed by atoms with Crippen LogP contribution in [0.4, 0.5) is 0 Å². The third-order valence-electron chi connectivity index (χ3n) is 2.94. The summed E-state index contributed by atoms with van der Waals surface area (Å²) in [6.07, 6.45) is 5.11. The van der Waals surface area contributed by atoms with Crippen LogP contribution in [-0.4, -0.2) is 0 Å². The topological polar surface area (TPSA) is 0 Å². The van der Waals surface area contributed by atoms with E-state index in [9.17, 15) is 0 Å². The molecule has 0 N–H and O–H groups in total. The first-order valence-corrected chi connectivity index (χ1v) is 5.55. The van der Waals surface area contributed by atoms with Crippen molar-refractivity contribution in [1.82, 2.24) is 0 Å². The molecule has 0 aliphatic heterocycles. The van der Waals surface area contributed by atoms with Crippen LogP contribution < -0.4 is 0 Å². The minimum atomic E-state index is 0.822. The fourth-order valence-corrected chi connectivity index (χ4v) is 1.94. The SMILES string of the molecule is CC(Cc1ccc(Cl)cc1)=C1CCC1. The molecule has 1 fully saturated rings. The van der Waals surface area contributed by atoms with Gasteiger partial charge in [0.1, 0.15) is 0 Å². The van der Waals surface area contributed by atoms with Crippen molar-refractivity contribution in [3.8, 4) is 0 Å². The first-order valence-electron chi connectivity index (χ1n) is 5.17. The van der Waals surface area contributed by atoms with Crippen LogP contribution >= 0.6 is 11.6 Å². The highest BCUT2D eigenvalue weighted by atomic mass is 35.5. The molecule has 0 heterocycles. The van der Waals surface area contributed by atoms with Crippen molar-refractivity contribution in [3.63, 3.8) is 0 Å². The highest BCUT2D eigenvalue weighted by Crippen LogP contribution is 2.30. The summed E-state index contributed by atoms with van der Waals surface area (Å²) >= 11 is 5.84. The molecule has 0 saturated heterocycles. The highest BCUT2D eigenvalue weighted by molar-refractivity contribution is 6.30. The van der Waals surface area contributed by atoms with Crippen LogP contribution in [0.5, 0.6) is 0 Å². The van der Waals surface area contributed by atoms with Crippen LogP contribution in [0, 0.1) is 0 Å². The van der Waals surface area contributed by atoms with Crippen molar-refractivity contribution >= 4 is 11.6 Å². The summed E-state index contributed by atoms with van der Waals surface area (Å²) in [7, 11) is 0. The summed E-state index contributed by atoms with van der Waals surface area (Å²) in [4.78, 5) is 0. The summed E-state index contributed by atoms with van der Waals surface area (Å²) < 4.78 is 0. The minimum absolute atomic E-state index is 0.822. The van der Waals surface area contributed by atoms with E-state index in [1.165, 1.54) is 24.8 Å². The number of benzene rings is 1. The number of halogens is 1. The smallest absolute Gasteiger partial charge is 0.0406 e. The fourth-order valence-electron chi connectivity index (χ4n) is 1.81. The van der Waals surface area contributed by atoms with Crippen LogP contribution in [-0.2, 0) is 6.42 Å². The average Bonchev–Trinajstić information content (AvgIpc) is 2.06. The zero-order chi connectivity index (χ0) is 9.97. The molecule has 1 aliphatic rings. The molecule has 0 spiro atoms. The van der Waals surface area contributed by atoms with E-state index in [-0.39, 0.29) is 0 Å². The van der Waals surface area contributed by atoms with Gasteiger partial charge in [-0.1, -0.05) is 34.9 Å². The molecule has 1 aliphatic carbocycles. The van der Waals surface area contributed by atoms with Gasteiger partial charge < -0.3 is 0 Å². The molecule has 0 nitrogen and oxygen atoms in total. The Morgan fingerprint density at radius 1 is 1.21 bits per heavy atom. The van der Waals surface area contributed by atoms with Gasteiger partial charge in [-0.25, -0.2) is 0 Å². The van der Waals surface area contributed by atoms with E-state index in [0.717, 1.165) is 11.4 Å². The summed E-state index contributed by atoms with van der Waals surface area (Å²) in [5.41, 5.74) is 4.59. The van der Waals surface area contributed by atoms with Crippen LogP contribution in [0.15, 0.2) is 35.4 Å². The fraction of sp³-hybridized carbons (Fsp3) is 0.385. The van der Waals surface area contributed by atoms with Crippen LogP contribution in [0.25, 0.3) is 0 Å². The molecular formula is C13H15Cl. The third-order valence-corrected chi connectivity index (χ3v) is 3.20. The zero-order valence-corrected chi connectivity index (χ0v) is 9.27. The molecule has 0 unspecified atom stereocenters. The normalized spacial score (nSPS) is 15.1. The Hall–Kier alpha value is -0.750. The van der Waals surface area contributed by atoms with Crippen LogP contribution in [0.1, 0.15) is 31.7 Å². The van der Waals surface area contributed by atoms with E-state index in [1.807, 2.05) is 12.1 Å². The molecule has 0 atom stereocenters.